The number of nitrogens with zero attached hydrogens (tertiary/aromatic N) is 4. The maximum Gasteiger partial charge on any atom is 0.271 e. The van der Waals surface area contributed by atoms with E-state index in [-0.39, 0.29) is 11.5 Å². The van der Waals surface area contributed by atoms with Crippen molar-refractivity contribution >= 4 is 57.4 Å². The van der Waals surface area contributed by atoms with Crippen molar-refractivity contribution in [3.05, 3.63) is 131 Å². The molecule has 1 amide bonds. The van der Waals surface area contributed by atoms with Gasteiger partial charge in [0.2, 0.25) is 0 Å². The highest BCUT2D eigenvalue weighted by Gasteiger charge is 2.35. The number of hydrogen-bond acceptors (Lipinski definition) is 5. The lowest BCUT2D eigenvalue weighted by molar-refractivity contribution is -0.127. The summed E-state index contributed by atoms with van der Waals surface area (Å²) in [4.78, 5) is 35.4. The molecule has 1 aliphatic rings. The molecule has 0 unspecified atom stereocenters. The van der Waals surface area contributed by atoms with Crippen molar-refractivity contribution in [2.24, 2.45) is 4.99 Å². The van der Waals surface area contributed by atoms with Gasteiger partial charge in [0.05, 0.1) is 33.0 Å². The summed E-state index contributed by atoms with van der Waals surface area (Å²) in [6.45, 7) is 7.40. The molecule has 0 aliphatic carbocycles. The van der Waals surface area contributed by atoms with Crippen LogP contribution in [0.3, 0.4) is 0 Å². The molecule has 10 heteroatoms. The molecule has 1 aliphatic heterocycles. The summed E-state index contributed by atoms with van der Waals surface area (Å²) in [5, 5.41) is 2.03. The van der Waals surface area contributed by atoms with E-state index in [1.54, 1.807) is 22.6 Å². The number of likely N-dealkylation sites (N-methyl/N-ethyl adjacent to an activating group) is 1. The molecule has 0 spiro atoms. The topological polar surface area (TPSA) is 68.8 Å². The van der Waals surface area contributed by atoms with Crippen LogP contribution in [0.1, 0.15) is 43.5 Å². The van der Waals surface area contributed by atoms with Crippen LogP contribution in [0, 0.1) is 0 Å². The Labute approximate surface area is 274 Å². The van der Waals surface area contributed by atoms with Gasteiger partial charge in [-0.2, -0.15) is 0 Å². The number of amides is 1. The summed E-state index contributed by atoms with van der Waals surface area (Å²) in [5.41, 5.74) is 4.52. The quantitative estimate of drug-likeness (QED) is 0.193. The van der Waals surface area contributed by atoms with E-state index in [4.69, 9.17) is 32.9 Å². The molecule has 230 valence electrons. The van der Waals surface area contributed by atoms with E-state index >= 15 is 0 Å². The van der Waals surface area contributed by atoms with Crippen LogP contribution in [-0.4, -0.2) is 40.1 Å². The fourth-order valence-electron chi connectivity index (χ4n) is 5.96. The zero-order chi connectivity index (χ0) is 31.8. The average Bonchev–Trinajstić information content (AvgIpc) is 3.54. The second-order valence-corrected chi connectivity index (χ2v) is 12.6. The van der Waals surface area contributed by atoms with Gasteiger partial charge in [0.1, 0.15) is 11.8 Å². The van der Waals surface area contributed by atoms with Gasteiger partial charge in [-0.05, 0) is 56.7 Å². The second kappa shape index (κ2) is 12.7. The molecule has 0 saturated heterocycles. The van der Waals surface area contributed by atoms with Crippen molar-refractivity contribution in [3.8, 4) is 5.75 Å². The average molecular weight is 660 g/mol. The number of thiazole rings is 1. The van der Waals surface area contributed by atoms with E-state index in [1.807, 2.05) is 87.6 Å². The minimum atomic E-state index is -0.691. The molecule has 0 fully saturated rings. The first-order valence-electron chi connectivity index (χ1n) is 14.7. The highest BCUT2D eigenvalue weighted by atomic mass is 35.5. The van der Waals surface area contributed by atoms with Gasteiger partial charge >= 0.3 is 0 Å². The summed E-state index contributed by atoms with van der Waals surface area (Å²) < 4.78 is 10.0. The number of rotatable bonds is 8. The molecule has 3 heterocycles. The normalized spacial score (nSPS) is 14.9. The Hall–Kier alpha value is -4.11. The number of fused-ring (bicyclic) bond motifs is 2. The van der Waals surface area contributed by atoms with Gasteiger partial charge in [-0.15, -0.1) is 0 Å². The fourth-order valence-corrected chi connectivity index (χ4v) is 7.32. The molecule has 3 aromatic carbocycles. The van der Waals surface area contributed by atoms with E-state index in [0.29, 0.717) is 56.0 Å². The molecule has 0 saturated carbocycles. The van der Waals surface area contributed by atoms with Crippen molar-refractivity contribution < 1.29 is 9.53 Å². The number of carbonyl (C=O) groups excluding carboxylic acids is 1. The minimum absolute atomic E-state index is 0.142. The number of hydrogen-bond donors (Lipinski definition) is 0. The third-order valence-corrected chi connectivity index (χ3v) is 9.90. The van der Waals surface area contributed by atoms with Crippen LogP contribution in [0.25, 0.3) is 17.0 Å². The highest BCUT2D eigenvalue weighted by Crippen LogP contribution is 2.36. The van der Waals surface area contributed by atoms with Crippen molar-refractivity contribution in [2.45, 2.75) is 33.4 Å². The SMILES string of the molecule is CCN(CC)C(=O)C1=C(C)N=c2s/c(=C/c3cn(Cc4ccc(Cl)c(Cl)c4)c4ccccc34)c(=O)n2[C@@H]1c1ccccc1OC. The summed E-state index contributed by atoms with van der Waals surface area (Å²) in [6, 6.07) is 20.5. The largest absolute Gasteiger partial charge is 0.496 e. The van der Waals surface area contributed by atoms with Crippen LogP contribution >= 0.6 is 34.5 Å². The molecule has 1 atom stereocenters. The summed E-state index contributed by atoms with van der Waals surface area (Å²) in [6.07, 6.45) is 3.96. The lowest BCUT2D eigenvalue weighted by atomic mass is 9.94. The van der Waals surface area contributed by atoms with Crippen molar-refractivity contribution in [2.75, 3.05) is 20.2 Å². The molecule has 7 nitrogen and oxygen atoms in total. The number of para-hydroxylation sites is 2. The van der Waals surface area contributed by atoms with E-state index in [2.05, 4.69) is 10.6 Å². The van der Waals surface area contributed by atoms with Gasteiger partial charge in [-0.3, -0.25) is 14.2 Å². The Balaban J connectivity index is 1.53. The van der Waals surface area contributed by atoms with E-state index < -0.39 is 6.04 Å². The van der Waals surface area contributed by atoms with E-state index in [9.17, 15) is 9.59 Å². The summed E-state index contributed by atoms with van der Waals surface area (Å²) in [7, 11) is 1.60. The number of halogens is 2. The zero-order valence-corrected chi connectivity index (χ0v) is 27.7. The van der Waals surface area contributed by atoms with Gasteiger partial charge in [-0.1, -0.05) is 77.0 Å². The van der Waals surface area contributed by atoms with Gasteiger partial charge in [0.25, 0.3) is 11.5 Å². The Morgan fingerprint density at radius 3 is 2.51 bits per heavy atom. The molecular formula is C35H32Cl2N4O3S. The Bertz CT molecular complexity index is 2160. The predicted molar refractivity (Wildman–Crippen MR) is 182 cm³/mol. The number of carbonyl (C=O) groups is 1. The van der Waals surface area contributed by atoms with Crippen LogP contribution in [0.2, 0.25) is 10.0 Å². The number of allylic oxidation sites excluding steroid dienone is 1. The molecular weight excluding hydrogens is 627 g/mol. The predicted octanol–water partition coefficient (Wildman–Crippen LogP) is 6.42. The molecule has 0 N–H and O–H groups in total. The Kier molecular flexibility index (Phi) is 8.73. The molecule has 0 bridgehead atoms. The van der Waals surface area contributed by atoms with Crippen molar-refractivity contribution in [3.63, 3.8) is 0 Å². The van der Waals surface area contributed by atoms with Gasteiger partial charge < -0.3 is 14.2 Å². The Morgan fingerprint density at radius 2 is 1.78 bits per heavy atom. The van der Waals surface area contributed by atoms with Crippen LogP contribution < -0.4 is 19.6 Å². The molecule has 6 rings (SSSR count). The van der Waals surface area contributed by atoms with E-state index in [1.165, 1.54) is 11.3 Å². The number of ether oxygens (including phenoxy) is 1. The maximum atomic E-state index is 14.3. The maximum absolute atomic E-state index is 14.3. The zero-order valence-electron chi connectivity index (χ0n) is 25.4. The summed E-state index contributed by atoms with van der Waals surface area (Å²) in [5.74, 6) is 0.457. The van der Waals surface area contributed by atoms with Gasteiger partial charge in [0, 0.05) is 47.9 Å². The first-order valence-corrected chi connectivity index (χ1v) is 16.3. The van der Waals surface area contributed by atoms with Crippen molar-refractivity contribution in [1.29, 1.82) is 0 Å². The van der Waals surface area contributed by atoms with Crippen molar-refractivity contribution in [1.82, 2.24) is 14.0 Å². The molecule has 45 heavy (non-hydrogen) atoms. The standard InChI is InChI=1S/C35H32Cl2N4O3S/c1-5-39(6-2)34(43)31-21(3)38-35-41(32(31)25-12-8-10-14-29(25)44-4)33(42)30(45-35)18-23-20-40(28-13-9-7-11-24(23)28)19-22-15-16-26(36)27(37)17-22/h7-18,20,32H,5-6,19H2,1-4H3/b30-18+/t32-/m1/s1. The first kappa shape index (κ1) is 30.9. The highest BCUT2D eigenvalue weighted by molar-refractivity contribution is 7.07. The lowest BCUT2D eigenvalue weighted by Crippen LogP contribution is -2.43. The second-order valence-electron chi connectivity index (χ2n) is 10.8. The number of aromatic nitrogens is 2. The fraction of sp³-hybridized carbons (Fsp3) is 0.229. The third kappa shape index (κ3) is 5.63. The Morgan fingerprint density at radius 1 is 1.04 bits per heavy atom. The molecule has 2 aromatic heterocycles. The molecule has 5 aromatic rings. The number of benzene rings is 3. The number of methoxy groups -OCH3 is 1. The van der Waals surface area contributed by atoms with Crippen LogP contribution in [0.5, 0.6) is 5.75 Å². The third-order valence-electron chi connectivity index (χ3n) is 8.18. The van der Waals surface area contributed by atoms with Gasteiger partial charge in [0.15, 0.2) is 4.80 Å². The van der Waals surface area contributed by atoms with Crippen LogP contribution in [-0.2, 0) is 11.3 Å². The van der Waals surface area contributed by atoms with Crippen LogP contribution in [0.15, 0.2) is 94.0 Å². The monoisotopic (exact) mass is 658 g/mol. The molecule has 0 radical (unpaired) electrons. The first-order chi connectivity index (χ1) is 21.7. The van der Waals surface area contributed by atoms with Gasteiger partial charge in [-0.25, -0.2) is 4.99 Å². The lowest BCUT2D eigenvalue weighted by Gasteiger charge is -2.29. The smallest absolute Gasteiger partial charge is 0.271 e. The minimum Gasteiger partial charge on any atom is -0.496 e. The van der Waals surface area contributed by atoms with E-state index in [0.717, 1.165) is 27.6 Å². The van der Waals surface area contributed by atoms with Crippen LogP contribution in [0.4, 0.5) is 0 Å². The summed E-state index contributed by atoms with van der Waals surface area (Å²) >= 11 is 13.8.